The van der Waals surface area contributed by atoms with E-state index in [0.29, 0.717) is 11.3 Å². The fourth-order valence-electron chi connectivity index (χ4n) is 7.65. The Morgan fingerprint density at radius 2 is 1.81 bits per heavy atom. The predicted octanol–water partition coefficient (Wildman–Crippen LogP) is 7.12. The minimum atomic E-state index is -3.78. The van der Waals surface area contributed by atoms with Crippen molar-refractivity contribution in [1.82, 2.24) is 0 Å². The van der Waals surface area contributed by atoms with Gasteiger partial charge in [0.05, 0.1) is 11.0 Å². The fourth-order valence-corrected chi connectivity index (χ4v) is 8.83. The molecule has 1 saturated carbocycles. The average molecular weight is 455 g/mol. The quantitative estimate of drug-likeness (QED) is 0.455. The van der Waals surface area contributed by atoms with Crippen LogP contribution in [0.15, 0.2) is 52.0 Å². The van der Waals surface area contributed by atoms with Crippen molar-refractivity contribution in [3.8, 4) is 0 Å². The van der Waals surface area contributed by atoms with Crippen LogP contribution < -0.4 is 0 Å². The van der Waals surface area contributed by atoms with Crippen molar-refractivity contribution < 1.29 is 12.6 Å². The van der Waals surface area contributed by atoms with Crippen LogP contribution in [-0.2, 0) is 14.3 Å². The molecule has 4 heteroatoms. The second-order valence-electron chi connectivity index (χ2n) is 11.1. The van der Waals surface area contributed by atoms with Gasteiger partial charge in [0.25, 0.3) is 10.1 Å². The number of aryl methyl sites for hydroxylation is 1. The summed E-state index contributed by atoms with van der Waals surface area (Å²) in [6.07, 6.45) is 12.3. The van der Waals surface area contributed by atoms with Crippen LogP contribution >= 0.6 is 0 Å². The van der Waals surface area contributed by atoms with E-state index in [2.05, 4.69) is 26.8 Å². The summed E-state index contributed by atoms with van der Waals surface area (Å²) in [5.74, 6) is 1.26. The molecule has 1 aromatic rings. The standard InChI is InChI=1S/C28H38O3S/c1-5-20-12-16-24-23-15-11-21-7-6-8-26(28(21,4)25(23)17-18-27(20,24)3)31-32(29,30)22-13-9-19(2)10-14-22/h9-10,13-14,16,20-21,26H,5-8,11-12,15,17-18H2,1-4H3/t20-,21?,26?,27+,28-/m0/s1. The van der Waals surface area contributed by atoms with Gasteiger partial charge in [0, 0.05) is 5.41 Å². The Kier molecular flexibility index (Phi) is 5.49. The molecule has 3 nitrogen and oxygen atoms in total. The average Bonchev–Trinajstić information content (AvgIpc) is 3.11. The van der Waals surface area contributed by atoms with Gasteiger partial charge in [-0.15, -0.1) is 0 Å². The molecule has 0 radical (unpaired) electrons. The first kappa shape index (κ1) is 22.4. The van der Waals surface area contributed by atoms with Gasteiger partial charge in [-0.25, -0.2) is 0 Å². The topological polar surface area (TPSA) is 43.4 Å². The van der Waals surface area contributed by atoms with Crippen molar-refractivity contribution >= 4 is 10.1 Å². The Balaban J connectivity index is 1.52. The molecule has 0 aliphatic heterocycles. The minimum Gasteiger partial charge on any atom is -0.262 e. The van der Waals surface area contributed by atoms with Crippen LogP contribution in [0.5, 0.6) is 0 Å². The molecular weight excluding hydrogens is 416 g/mol. The largest absolute Gasteiger partial charge is 0.297 e. The van der Waals surface area contributed by atoms with E-state index in [1.165, 1.54) is 31.3 Å². The summed E-state index contributed by atoms with van der Waals surface area (Å²) >= 11 is 0. The van der Waals surface area contributed by atoms with E-state index in [9.17, 15) is 8.42 Å². The van der Waals surface area contributed by atoms with E-state index in [4.69, 9.17) is 4.18 Å². The summed E-state index contributed by atoms with van der Waals surface area (Å²) in [4.78, 5) is 0.277. The van der Waals surface area contributed by atoms with Gasteiger partial charge in [-0.1, -0.05) is 63.0 Å². The third kappa shape index (κ3) is 3.27. The Labute approximate surface area is 194 Å². The molecule has 1 aromatic carbocycles. The molecule has 0 amide bonds. The first-order chi connectivity index (χ1) is 15.2. The molecule has 5 atom stereocenters. The fraction of sp³-hybridized carbons (Fsp3) is 0.643. The van der Waals surface area contributed by atoms with E-state index in [-0.39, 0.29) is 16.4 Å². The van der Waals surface area contributed by atoms with E-state index in [1.54, 1.807) is 23.3 Å². The van der Waals surface area contributed by atoms with Gasteiger partial charge in [0.2, 0.25) is 0 Å². The van der Waals surface area contributed by atoms with Crippen LogP contribution in [0.4, 0.5) is 0 Å². The van der Waals surface area contributed by atoms with Crippen LogP contribution in [0.1, 0.15) is 84.1 Å². The highest BCUT2D eigenvalue weighted by Gasteiger charge is 2.55. The zero-order valence-corrected chi connectivity index (χ0v) is 20.9. The highest BCUT2D eigenvalue weighted by atomic mass is 32.2. The maximum Gasteiger partial charge on any atom is 0.297 e. The van der Waals surface area contributed by atoms with E-state index < -0.39 is 10.1 Å². The lowest BCUT2D eigenvalue weighted by molar-refractivity contribution is -0.0101. The molecule has 174 valence electrons. The van der Waals surface area contributed by atoms with E-state index in [0.717, 1.165) is 43.6 Å². The molecule has 4 aliphatic carbocycles. The monoisotopic (exact) mass is 454 g/mol. The number of fused-ring (bicyclic) bond motifs is 4. The molecule has 4 aliphatic rings. The number of hydrogen-bond acceptors (Lipinski definition) is 3. The zero-order valence-electron chi connectivity index (χ0n) is 20.1. The van der Waals surface area contributed by atoms with Gasteiger partial charge < -0.3 is 0 Å². The highest BCUT2D eigenvalue weighted by molar-refractivity contribution is 7.86. The number of hydrogen-bond donors (Lipinski definition) is 0. The molecular formula is C28H38O3S. The van der Waals surface area contributed by atoms with E-state index in [1.807, 2.05) is 19.1 Å². The highest BCUT2D eigenvalue weighted by Crippen LogP contribution is 2.64. The summed E-state index contributed by atoms with van der Waals surface area (Å²) in [6.45, 7) is 9.11. The Bertz CT molecular complexity index is 1060. The van der Waals surface area contributed by atoms with Crippen molar-refractivity contribution in [3.05, 3.63) is 52.6 Å². The molecule has 0 spiro atoms. The Morgan fingerprint density at radius 3 is 2.53 bits per heavy atom. The smallest absolute Gasteiger partial charge is 0.262 e. The summed E-state index contributed by atoms with van der Waals surface area (Å²) in [7, 11) is -3.78. The SMILES string of the molecule is CC[C@H]1CC=C2C3=C(CC[C@@]21C)[C@]1(C)C(CCCC1OS(=O)(=O)c1ccc(C)cc1)CC3. The van der Waals surface area contributed by atoms with Gasteiger partial charge in [-0.05, 0) is 92.4 Å². The van der Waals surface area contributed by atoms with Gasteiger partial charge in [0.15, 0.2) is 0 Å². The van der Waals surface area contributed by atoms with E-state index >= 15 is 0 Å². The third-order valence-corrected chi connectivity index (χ3v) is 11.0. The third-order valence-electron chi connectivity index (χ3n) is 9.68. The molecule has 32 heavy (non-hydrogen) atoms. The Morgan fingerprint density at radius 1 is 1.06 bits per heavy atom. The van der Waals surface area contributed by atoms with Gasteiger partial charge in [-0.2, -0.15) is 8.42 Å². The van der Waals surface area contributed by atoms with Gasteiger partial charge >= 0.3 is 0 Å². The summed E-state index contributed by atoms with van der Waals surface area (Å²) in [6, 6.07) is 7.06. The van der Waals surface area contributed by atoms with Crippen molar-refractivity contribution in [2.24, 2.45) is 22.7 Å². The second kappa shape index (κ2) is 7.84. The lowest BCUT2D eigenvalue weighted by atomic mass is 9.51. The minimum absolute atomic E-state index is 0.184. The number of allylic oxidation sites excluding steroid dienone is 3. The van der Waals surface area contributed by atoms with Crippen LogP contribution in [0, 0.1) is 29.6 Å². The van der Waals surface area contributed by atoms with Crippen molar-refractivity contribution in [3.63, 3.8) is 0 Å². The number of benzene rings is 1. The first-order valence-electron chi connectivity index (χ1n) is 12.6. The van der Waals surface area contributed by atoms with Crippen LogP contribution in [0.25, 0.3) is 0 Å². The lowest BCUT2D eigenvalue weighted by Crippen LogP contribution is -2.50. The maximum atomic E-state index is 13.3. The van der Waals surface area contributed by atoms with Crippen LogP contribution in [0.3, 0.4) is 0 Å². The zero-order chi connectivity index (χ0) is 22.7. The lowest BCUT2D eigenvalue weighted by Gasteiger charge is -2.55. The Hall–Kier alpha value is -1.39. The molecule has 0 bridgehead atoms. The summed E-state index contributed by atoms with van der Waals surface area (Å²) in [5.41, 5.74) is 5.85. The molecule has 2 unspecified atom stereocenters. The first-order valence-corrected chi connectivity index (χ1v) is 14.0. The molecule has 0 N–H and O–H groups in total. The normalized spacial score (nSPS) is 36.9. The van der Waals surface area contributed by atoms with Crippen LogP contribution in [0.2, 0.25) is 0 Å². The maximum absolute atomic E-state index is 13.3. The number of rotatable bonds is 4. The predicted molar refractivity (Wildman–Crippen MR) is 129 cm³/mol. The second-order valence-corrected chi connectivity index (χ2v) is 12.7. The molecule has 1 fully saturated rings. The van der Waals surface area contributed by atoms with Gasteiger partial charge in [0.1, 0.15) is 0 Å². The molecule has 0 heterocycles. The van der Waals surface area contributed by atoms with Crippen molar-refractivity contribution in [1.29, 1.82) is 0 Å². The summed E-state index contributed by atoms with van der Waals surface area (Å²) < 4.78 is 32.6. The summed E-state index contributed by atoms with van der Waals surface area (Å²) in [5, 5.41) is 0. The van der Waals surface area contributed by atoms with Crippen molar-refractivity contribution in [2.45, 2.75) is 96.5 Å². The van der Waals surface area contributed by atoms with Crippen molar-refractivity contribution in [2.75, 3.05) is 0 Å². The van der Waals surface area contributed by atoms with Crippen LogP contribution in [-0.4, -0.2) is 14.5 Å². The molecule has 0 saturated heterocycles. The molecule has 5 rings (SSSR count). The molecule has 0 aromatic heterocycles. The van der Waals surface area contributed by atoms with Gasteiger partial charge in [-0.3, -0.25) is 4.18 Å².